The first kappa shape index (κ1) is 88.7. The molecule has 106 heavy (non-hydrogen) atoms. The van der Waals surface area contributed by atoms with Crippen LogP contribution in [0.25, 0.3) is 11.2 Å². The maximum atomic E-state index is 14.3. The molecule has 44 heteroatoms. The fraction of sp³-hybridized carbons (Fsp3) is 0.806. The fourth-order valence-electron chi connectivity index (χ4n) is 12.3. The zero-order valence-electron chi connectivity index (χ0n) is 59.4. The SMILES string of the molecule is CO[C@@H]1[C@H](OP(=O)(O)OCC(O)C(=O)N(CCCNC(=O)CCCCO[C@@H]2O[C@H](CO)[C@H](O)[C@H](O)[C@H]2NC(C)=O)CCCN(CCCNC(=O)CCCCO[C@@H]2O[C@H](CO)[C@H](O)[C@H](O)[C@H]2NC(C)=O)C(=O)CCCCO[C@@H]2O[C@H](CO)[C@H](O)[C@H](O)[C@H]2NC(C)=O)[C@@H](CO)O[C@H]1n1cnc2c(=O)[nH]c(N)nc21. The summed E-state index contributed by atoms with van der Waals surface area (Å²) in [6.45, 7) is -0.723. The lowest BCUT2D eigenvalue weighted by Gasteiger charge is -2.42. The predicted molar refractivity (Wildman–Crippen MR) is 360 cm³/mol. The van der Waals surface area contributed by atoms with Crippen LogP contribution in [0.1, 0.15) is 104 Å². The summed E-state index contributed by atoms with van der Waals surface area (Å²) < 4.78 is 71.2. The van der Waals surface area contributed by atoms with Gasteiger partial charge in [0.2, 0.25) is 41.4 Å². The standard InChI is InChI=1S/C62H105N12O31P/c1-32(79)67-43-50(89)47(86)36(26-75)102-59(43)97-23-8-5-14-40(83)64-17-11-19-72(42(85)16-7-10-25-99-61-45(69-34(3)81)52(91)49(88)38(28-77)104-61)21-13-22-73(20-12-18-65-41(84)15-6-9-24-98-60-44(68-33(2)80)51(90)48(87)37(27-76)103-60)57(93)35(82)30-100-106(94,95)105-53-39(29-78)101-58(54(53)96-4)74-31-66-46-55(74)70-62(63)71-56(46)92/h31,35-39,43-45,47-54,58-61,75-78,82,86-91H,5-30H2,1-4H3,(H,64,83)(H,65,84)(H,67,79)(H,68,80)(H,69,81)(H,94,95)(H3,63,70,71,92)/t35?,36-,37-,38-,39-,43-,44-,45-,47+,48+,49+,50-,51-,52-,53-,54-,58-,59-,60-,61-/m1/s1. The number of amides is 7. The molecule has 0 saturated carbocycles. The van der Waals surface area contributed by atoms with E-state index in [4.69, 9.17) is 52.7 Å². The molecule has 2 unspecified atom stereocenters. The number of hydrogen-bond acceptors (Lipinski definition) is 33. The lowest BCUT2D eigenvalue weighted by molar-refractivity contribution is -0.270. The quantitative estimate of drug-likeness (QED) is 0.0216. The molecule has 2 aromatic rings. The lowest BCUT2D eigenvalue weighted by Crippen LogP contribution is -2.64. The van der Waals surface area contributed by atoms with E-state index in [1.807, 2.05) is 0 Å². The molecule has 7 amide bonds. The molecule has 604 valence electrons. The molecule has 0 radical (unpaired) electrons. The van der Waals surface area contributed by atoms with Crippen molar-refractivity contribution < 1.29 is 146 Å². The van der Waals surface area contributed by atoms with Crippen LogP contribution >= 0.6 is 7.82 Å². The summed E-state index contributed by atoms with van der Waals surface area (Å²) in [5.74, 6) is -4.12. The van der Waals surface area contributed by atoms with E-state index in [9.17, 15) is 104 Å². The molecule has 6 rings (SSSR count). The number of nitrogens with one attached hydrogen (secondary N) is 6. The van der Waals surface area contributed by atoms with Crippen LogP contribution < -0.4 is 37.9 Å². The van der Waals surface area contributed by atoms with Crippen molar-refractivity contribution in [2.45, 2.75) is 220 Å². The van der Waals surface area contributed by atoms with E-state index in [0.717, 1.165) is 6.33 Å². The summed E-state index contributed by atoms with van der Waals surface area (Å²) in [5.41, 5.74) is 4.86. The van der Waals surface area contributed by atoms with Crippen molar-refractivity contribution >= 4 is 66.3 Å². The number of aliphatic hydroxyl groups is 11. The minimum atomic E-state index is -5.33. The highest BCUT2D eigenvalue weighted by Crippen LogP contribution is 2.49. The number of rotatable bonds is 45. The topological polar surface area (TPSA) is 628 Å². The predicted octanol–water partition coefficient (Wildman–Crippen LogP) is -8.08. The number of carbonyl (C=O) groups excluding carboxylic acids is 7. The number of methoxy groups -OCH3 is 1. The number of anilines is 1. The first-order chi connectivity index (χ1) is 50.5. The zero-order valence-corrected chi connectivity index (χ0v) is 60.3. The van der Waals surface area contributed by atoms with Gasteiger partial charge in [-0.25, -0.2) is 9.55 Å². The number of carbonyl (C=O) groups is 7. The number of phosphoric acid groups is 1. The number of nitrogens with two attached hydrogens (primary N) is 1. The Kier molecular flexibility index (Phi) is 36.7. The molecule has 0 aromatic carbocycles. The number of unbranched alkanes of at least 4 members (excludes halogenated alkanes) is 3. The number of phosphoric ester groups is 1. The Morgan fingerprint density at radius 2 is 1.03 bits per heavy atom. The average molecular weight is 1550 g/mol. The second-order valence-electron chi connectivity index (χ2n) is 25.8. The van der Waals surface area contributed by atoms with E-state index >= 15 is 0 Å². The van der Waals surface area contributed by atoms with Gasteiger partial charge in [-0.1, -0.05) is 0 Å². The largest absolute Gasteiger partial charge is 0.472 e. The zero-order chi connectivity index (χ0) is 77.9. The van der Waals surface area contributed by atoms with Gasteiger partial charge in [0, 0.05) is 106 Å². The maximum absolute atomic E-state index is 14.3. The molecule has 2 aromatic heterocycles. The summed E-state index contributed by atoms with van der Waals surface area (Å²) >= 11 is 0. The fourth-order valence-corrected chi connectivity index (χ4v) is 13.2. The number of nitrogens with zero attached hydrogens (tertiary/aromatic N) is 5. The van der Waals surface area contributed by atoms with Crippen LogP contribution in [-0.2, 0) is 85.1 Å². The molecule has 43 nitrogen and oxygen atoms in total. The number of fused-ring (bicyclic) bond motifs is 1. The van der Waals surface area contributed by atoms with Crippen molar-refractivity contribution in [1.29, 1.82) is 0 Å². The molecule has 4 fully saturated rings. The number of ether oxygens (including phenoxy) is 8. The van der Waals surface area contributed by atoms with Crippen LogP contribution in [0.2, 0.25) is 0 Å². The van der Waals surface area contributed by atoms with Gasteiger partial charge < -0.3 is 141 Å². The number of imidazole rings is 1. The monoisotopic (exact) mass is 1540 g/mol. The molecule has 0 bridgehead atoms. The van der Waals surface area contributed by atoms with Gasteiger partial charge in [0.05, 0.1) is 39.4 Å². The van der Waals surface area contributed by atoms with Gasteiger partial charge in [0.15, 0.2) is 42.4 Å². The molecule has 0 spiro atoms. The van der Waals surface area contributed by atoms with Crippen molar-refractivity contribution in [3.63, 3.8) is 0 Å². The van der Waals surface area contributed by atoms with Gasteiger partial charge >= 0.3 is 7.82 Å². The van der Waals surface area contributed by atoms with Crippen molar-refractivity contribution in [2.75, 3.05) is 105 Å². The lowest BCUT2D eigenvalue weighted by atomic mass is 9.97. The normalized spacial score (nSPS) is 29.0. The minimum absolute atomic E-state index is 0.000720. The molecule has 21 atom stereocenters. The summed E-state index contributed by atoms with van der Waals surface area (Å²) in [6, 6.07) is -3.55. The molecule has 4 aliphatic heterocycles. The van der Waals surface area contributed by atoms with Crippen LogP contribution in [0, 0.1) is 0 Å². The van der Waals surface area contributed by atoms with E-state index in [0.29, 0.717) is 12.8 Å². The molecule has 6 heterocycles. The highest BCUT2D eigenvalue weighted by atomic mass is 31.2. The number of hydrogen-bond donors (Lipinski definition) is 19. The molecular formula is C62H105N12O31P. The van der Waals surface area contributed by atoms with Gasteiger partial charge in [-0.3, -0.25) is 57.0 Å². The van der Waals surface area contributed by atoms with Crippen molar-refractivity contribution in [3.05, 3.63) is 16.7 Å². The van der Waals surface area contributed by atoms with Crippen LogP contribution in [0.5, 0.6) is 0 Å². The first-order valence-electron chi connectivity index (χ1n) is 35.0. The van der Waals surface area contributed by atoms with E-state index in [-0.39, 0.29) is 152 Å². The summed E-state index contributed by atoms with van der Waals surface area (Å²) in [6.07, 6.45) is -21.4. The van der Waals surface area contributed by atoms with Gasteiger partial charge in [-0.2, -0.15) is 4.98 Å². The number of aromatic nitrogens is 4. The van der Waals surface area contributed by atoms with Crippen LogP contribution in [-0.4, -0.2) is 347 Å². The molecule has 0 aliphatic carbocycles. The van der Waals surface area contributed by atoms with Crippen LogP contribution in [0.3, 0.4) is 0 Å². The van der Waals surface area contributed by atoms with E-state index in [1.165, 1.54) is 42.2 Å². The second kappa shape index (κ2) is 43.8. The Labute approximate surface area is 608 Å². The van der Waals surface area contributed by atoms with Gasteiger partial charge in [-0.15, -0.1) is 0 Å². The third kappa shape index (κ3) is 26.0. The third-order valence-corrected chi connectivity index (χ3v) is 18.7. The molecule has 4 aliphatic rings. The number of nitrogen functional groups attached to an aromatic ring is 1. The van der Waals surface area contributed by atoms with Gasteiger partial charge in [0.25, 0.3) is 11.5 Å². The van der Waals surface area contributed by atoms with E-state index in [2.05, 4.69) is 41.5 Å². The van der Waals surface area contributed by atoms with E-state index < -0.39 is 199 Å². The highest BCUT2D eigenvalue weighted by Gasteiger charge is 2.52. The minimum Gasteiger partial charge on any atom is -0.394 e. The summed E-state index contributed by atoms with van der Waals surface area (Å²) in [4.78, 5) is 127. The van der Waals surface area contributed by atoms with Crippen LogP contribution in [0.15, 0.2) is 11.1 Å². The second-order valence-corrected chi connectivity index (χ2v) is 27.2. The highest BCUT2D eigenvalue weighted by molar-refractivity contribution is 7.47. The van der Waals surface area contributed by atoms with Crippen molar-refractivity contribution in [2.24, 2.45) is 0 Å². The Morgan fingerprint density at radius 3 is 1.46 bits per heavy atom. The Bertz CT molecular complexity index is 3220. The summed E-state index contributed by atoms with van der Waals surface area (Å²) in [5, 5.41) is 127. The summed E-state index contributed by atoms with van der Waals surface area (Å²) in [7, 11) is -4.13. The maximum Gasteiger partial charge on any atom is 0.472 e. The Hall–Kier alpha value is -6.21. The Balaban J connectivity index is 1.09. The molecule has 20 N–H and O–H groups in total. The molecular weight excluding hydrogens is 1440 g/mol. The Morgan fingerprint density at radius 1 is 0.604 bits per heavy atom. The average Bonchev–Trinajstić information content (AvgIpc) is 1.65. The van der Waals surface area contributed by atoms with Crippen LogP contribution in [0.4, 0.5) is 5.95 Å². The molecule has 4 saturated heterocycles. The third-order valence-electron chi connectivity index (χ3n) is 17.8. The number of H-pyrrole nitrogens is 1. The van der Waals surface area contributed by atoms with E-state index in [1.54, 1.807) is 0 Å². The van der Waals surface area contributed by atoms with Gasteiger partial charge in [-0.05, 0) is 57.8 Å². The number of aromatic amines is 1. The van der Waals surface area contributed by atoms with Crippen molar-refractivity contribution in [1.82, 2.24) is 55.9 Å². The van der Waals surface area contributed by atoms with Crippen molar-refractivity contribution in [3.8, 4) is 0 Å². The van der Waals surface area contributed by atoms with Gasteiger partial charge in [0.1, 0.15) is 91.4 Å². The first-order valence-corrected chi connectivity index (χ1v) is 36.5. The smallest absolute Gasteiger partial charge is 0.394 e. The number of aliphatic hydroxyl groups excluding tert-OH is 11.